The van der Waals surface area contributed by atoms with Gasteiger partial charge in [0, 0.05) is 24.4 Å². The highest BCUT2D eigenvalue weighted by Crippen LogP contribution is 2.36. The van der Waals surface area contributed by atoms with Crippen molar-refractivity contribution < 1.29 is 22.7 Å². The molecule has 3 aromatic rings. The Balaban J connectivity index is 1.60. The van der Waals surface area contributed by atoms with Crippen LogP contribution in [0.2, 0.25) is 10.3 Å². The smallest absolute Gasteiger partial charge is 0.417 e. The third-order valence-corrected chi connectivity index (χ3v) is 4.43. The van der Waals surface area contributed by atoms with Gasteiger partial charge >= 0.3 is 6.18 Å². The number of alkyl halides is 3. The van der Waals surface area contributed by atoms with E-state index in [9.17, 15) is 18.0 Å². The molecule has 5 nitrogen and oxygen atoms in total. The molecular formula is C20H14Cl2F3N3O2. The highest BCUT2D eigenvalue weighted by molar-refractivity contribution is 6.31. The van der Waals surface area contributed by atoms with Crippen molar-refractivity contribution in [2.75, 3.05) is 5.32 Å². The van der Waals surface area contributed by atoms with Crippen LogP contribution in [0.5, 0.6) is 11.6 Å². The van der Waals surface area contributed by atoms with Crippen LogP contribution in [0.25, 0.3) is 0 Å². The van der Waals surface area contributed by atoms with Crippen LogP contribution in [0.15, 0.2) is 54.7 Å². The minimum absolute atomic E-state index is 0.0226. The van der Waals surface area contributed by atoms with E-state index in [0.717, 1.165) is 17.7 Å². The molecule has 0 radical (unpaired) electrons. The van der Waals surface area contributed by atoms with E-state index in [-0.39, 0.29) is 23.3 Å². The molecule has 0 aliphatic rings. The summed E-state index contributed by atoms with van der Waals surface area (Å²) in [5, 5.41) is 2.08. The molecule has 1 amide bonds. The third kappa shape index (κ3) is 6.08. The molecule has 3 rings (SSSR count). The number of amides is 1. The summed E-state index contributed by atoms with van der Waals surface area (Å²) >= 11 is 11.3. The Hall–Kier alpha value is -2.84. The first kappa shape index (κ1) is 21.9. The summed E-state index contributed by atoms with van der Waals surface area (Å²) in [7, 11) is 0. The van der Waals surface area contributed by atoms with Gasteiger partial charge in [-0.1, -0.05) is 23.7 Å². The van der Waals surface area contributed by atoms with Gasteiger partial charge in [-0.2, -0.15) is 18.2 Å². The number of halogens is 5. The van der Waals surface area contributed by atoms with Crippen molar-refractivity contribution in [2.45, 2.75) is 19.0 Å². The zero-order chi connectivity index (χ0) is 21.7. The fourth-order valence-electron chi connectivity index (χ4n) is 2.56. The molecule has 0 bridgehead atoms. The number of nitrogens with one attached hydrogen (secondary N) is 1. The van der Waals surface area contributed by atoms with Gasteiger partial charge in [-0.05, 0) is 53.9 Å². The topological polar surface area (TPSA) is 64.1 Å². The van der Waals surface area contributed by atoms with Crippen molar-refractivity contribution >= 4 is 34.8 Å². The predicted molar refractivity (Wildman–Crippen MR) is 107 cm³/mol. The van der Waals surface area contributed by atoms with Gasteiger partial charge in [0.25, 0.3) is 0 Å². The molecular weight excluding hydrogens is 442 g/mol. The SMILES string of the molecule is O=C(CCc1cccc(Oc2ccnc(Cl)n2)c1)Nc1ccc(Cl)c(C(F)(F)F)c1. The minimum Gasteiger partial charge on any atom is -0.439 e. The second kappa shape index (κ2) is 9.32. The summed E-state index contributed by atoms with van der Waals surface area (Å²) in [4.78, 5) is 19.9. The van der Waals surface area contributed by atoms with Gasteiger partial charge in [0.2, 0.25) is 17.1 Å². The second-order valence-electron chi connectivity index (χ2n) is 6.15. The highest BCUT2D eigenvalue weighted by Gasteiger charge is 2.33. The first-order valence-electron chi connectivity index (χ1n) is 8.62. The van der Waals surface area contributed by atoms with E-state index in [0.29, 0.717) is 12.2 Å². The molecule has 0 saturated heterocycles. The van der Waals surface area contributed by atoms with Crippen molar-refractivity contribution in [3.05, 3.63) is 76.2 Å². The average Bonchev–Trinajstić information content (AvgIpc) is 2.67. The number of hydrogen-bond acceptors (Lipinski definition) is 4. The Morgan fingerprint density at radius 2 is 1.90 bits per heavy atom. The van der Waals surface area contributed by atoms with Crippen LogP contribution >= 0.6 is 23.2 Å². The van der Waals surface area contributed by atoms with Crippen molar-refractivity contribution in [1.82, 2.24) is 9.97 Å². The van der Waals surface area contributed by atoms with E-state index in [1.807, 2.05) is 0 Å². The largest absolute Gasteiger partial charge is 0.439 e. The quantitative estimate of drug-likeness (QED) is 0.451. The number of aromatic nitrogens is 2. The number of rotatable bonds is 6. The molecule has 0 unspecified atom stereocenters. The van der Waals surface area contributed by atoms with Gasteiger partial charge in [-0.3, -0.25) is 4.79 Å². The maximum absolute atomic E-state index is 12.9. The number of nitrogens with zero attached hydrogens (tertiary/aromatic N) is 2. The number of aryl methyl sites for hydroxylation is 1. The van der Waals surface area contributed by atoms with E-state index in [1.54, 1.807) is 30.3 Å². The summed E-state index contributed by atoms with van der Waals surface area (Å²) in [5.74, 6) is 0.336. The van der Waals surface area contributed by atoms with Crippen molar-refractivity contribution in [3.8, 4) is 11.6 Å². The Morgan fingerprint density at radius 3 is 2.63 bits per heavy atom. The summed E-state index contributed by atoms with van der Waals surface area (Å²) in [5.41, 5.74) is -0.180. The molecule has 156 valence electrons. The molecule has 0 aliphatic heterocycles. The lowest BCUT2D eigenvalue weighted by Gasteiger charge is -2.12. The summed E-state index contributed by atoms with van der Waals surface area (Å²) < 4.78 is 44.4. The molecule has 1 N–H and O–H groups in total. The van der Waals surface area contributed by atoms with Crippen molar-refractivity contribution in [2.24, 2.45) is 0 Å². The monoisotopic (exact) mass is 455 g/mol. The molecule has 2 aromatic carbocycles. The van der Waals surface area contributed by atoms with Gasteiger partial charge in [-0.15, -0.1) is 0 Å². The lowest BCUT2D eigenvalue weighted by molar-refractivity contribution is -0.137. The van der Waals surface area contributed by atoms with E-state index >= 15 is 0 Å². The van der Waals surface area contributed by atoms with Gasteiger partial charge in [-0.25, -0.2) is 4.98 Å². The average molecular weight is 456 g/mol. The molecule has 1 heterocycles. The Kier molecular flexibility index (Phi) is 6.79. The molecule has 0 fully saturated rings. The standard InChI is InChI=1S/C20H14Cl2F3N3O2/c21-16-6-5-13(11-15(16)20(23,24)25)27-17(29)7-4-12-2-1-3-14(10-12)30-18-8-9-26-19(22)28-18/h1-3,5-6,8-11H,4,7H2,(H,27,29). The van der Waals surface area contributed by atoms with Crippen LogP contribution in [0.4, 0.5) is 18.9 Å². The Bertz CT molecular complexity index is 1060. The fourth-order valence-corrected chi connectivity index (χ4v) is 2.93. The van der Waals surface area contributed by atoms with Crippen LogP contribution in [0.3, 0.4) is 0 Å². The number of benzene rings is 2. The number of carbonyl (C=O) groups excluding carboxylic acids is 1. The predicted octanol–water partition coefficient (Wildman–Crippen LogP) is 6.17. The van der Waals surface area contributed by atoms with E-state index < -0.39 is 22.7 Å². The fraction of sp³-hybridized carbons (Fsp3) is 0.150. The number of ether oxygens (including phenoxy) is 1. The van der Waals surface area contributed by atoms with Crippen LogP contribution < -0.4 is 10.1 Å². The molecule has 0 saturated carbocycles. The second-order valence-corrected chi connectivity index (χ2v) is 6.90. The van der Waals surface area contributed by atoms with E-state index in [1.165, 1.54) is 12.3 Å². The normalized spacial score (nSPS) is 11.2. The third-order valence-electron chi connectivity index (χ3n) is 3.92. The van der Waals surface area contributed by atoms with Gasteiger partial charge in [0.05, 0.1) is 10.6 Å². The molecule has 0 atom stereocenters. The van der Waals surface area contributed by atoms with Crippen LogP contribution in [-0.4, -0.2) is 15.9 Å². The highest BCUT2D eigenvalue weighted by atomic mass is 35.5. The van der Waals surface area contributed by atoms with Gasteiger partial charge in [0.1, 0.15) is 5.75 Å². The van der Waals surface area contributed by atoms with Crippen LogP contribution in [0.1, 0.15) is 17.5 Å². The van der Waals surface area contributed by atoms with Gasteiger partial charge < -0.3 is 10.1 Å². The van der Waals surface area contributed by atoms with E-state index in [2.05, 4.69) is 15.3 Å². The minimum atomic E-state index is -4.60. The van der Waals surface area contributed by atoms with Crippen molar-refractivity contribution in [1.29, 1.82) is 0 Å². The maximum atomic E-state index is 12.9. The molecule has 1 aromatic heterocycles. The first-order chi connectivity index (χ1) is 14.2. The number of carbonyl (C=O) groups is 1. The number of anilines is 1. The lowest BCUT2D eigenvalue weighted by atomic mass is 10.1. The molecule has 30 heavy (non-hydrogen) atoms. The summed E-state index contributed by atoms with van der Waals surface area (Å²) in [6, 6.07) is 11.8. The Morgan fingerprint density at radius 1 is 1.10 bits per heavy atom. The zero-order valence-electron chi connectivity index (χ0n) is 15.2. The lowest BCUT2D eigenvalue weighted by Crippen LogP contribution is -2.14. The van der Waals surface area contributed by atoms with E-state index in [4.69, 9.17) is 27.9 Å². The molecule has 10 heteroatoms. The zero-order valence-corrected chi connectivity index (χ0v) is 16.7. The van der Waals surface area contributed by atoms with Crippen LogP contribution in [0, 0.1) is 0 Å². The van der Waals surface area contributed by atoms with Crippen LogP contribution in [-0.2, 0) is 17.4 Å². The molecule has 0 spiro atoms. The van der Waals surface area contributed by atoms with Crippen molar-refractivity contribution in [3.63, 3.8) is 0 Å². The summed E-state index contributed by atoms with van der Waals surface area (Å²) in [6.07, 6.45) is -2.73. The maximum Gasteiger partial charge on any atom is 0.417 e. The van der Waals surface area contributed by atoms with Gasteiger partial charge in [0.15, 0.2) is 0 Å². The summed E-state index contributed by atoms with van der Waals surface area (Å²) in [6.45, 7) is 0. The number of hydrogen-bond donors (Lipinski definition) is 1. The molecule has 0 aliphatic carbocycles. The first-order valence-corrected chi connectivity index (χ1v) is 9.38. The Labute approximate surface area is 179 Å².